The van der Waals surface area contributed by atoms with Crippen molar-refractivity contribution in [2.75, 3.05) is 5.32 Å². The highest BCUT2D eigenvalue weighted by Crippen LogP contribution is 2.29. The monoisotopic (exact) mass is 279 g/mol. The number of hydrogen-bond donors (Lipinski definition) is 1. The van der Waals surface area contributed by atoms with Crippen molar-refractivity contribution in [2.24, 2.45) is 5.92 Å². The molecule has 1 heteroatoms. The van der Waals surface area contributed by atoms with Gasteiger partial charge in [0.15, 0.2) is 0 Å². The third-order valence-electron chi connectivity index (χ3n) is 4.69. The van der Waals surface area contributed by atoms with Crippen molar-refractivity contribution in [3.63, 3.8) is 0 Å². The minimum atomic E-state index is 0.532. The topological polar surface area (TPSA) is 12.0 Å². The Bertz CT molecular complexity index is 597. The zero-order valence-corrected chi connectivity index (χ0v) is 13.3. The molecule has 1 aliphatic heterocycles. The van der Waals surface area contributed by atoms with Gasteiger partial charge in [-0.05, 0) is 47.4 Å². The third-order valence-corrected chi connectivity index (χ3v) is 4.69. The van der Waals surface area contributed by atoms with Crippen LogP contribution in [0.15, 0.2) is 48.5 Å². The largest absolute Gasteiger partial charge is 0.381 e. The molecular weight excluding hydrogens is 254 g/mol. The van der Waals surface area contributed by atoms with Gasteiger partial charge in [-0.2, -0.15) is 0 Å². The van der Waals surface area contributed by atoms with Crippen molar-refractivity contribution >= 4 is 5.69 Å². The van der Waals surface area contributed by atoms with Gasteiger partial charge in [-0.25, -0.2) is 0 Å². The van der Waals surface area contributed by atoms with E-state index in [-0.39, 0.29) is 0 Å². The van der Waals surface area contributed by atoms with Crippen molar-refractivity contribution in [1.82, 2.24) is 0 Å². The van der Waals surface area contributed by atoms with Crippen molar-refractivity contribution < 1.29 is 0 Å². The van der Waals surface area contributed by atoms with Gasteiger partial charge in [-0.1, -0.05) is 63.2 Å². The molecule has 2 unspecified atom stereocenters. The average molecular weight is 279 g/mol. The summed E-state index contributed by atoms with van der Waals surface area (Å²) < 4.78 is 0. The second-order valence-electron chi connectivity index (χ2n) is 6.69. The van der Waals surface area contributed by atoms with Crippen LogP contribution in [0.25, 0.3) is 0 Å². The lowest BCUT2D eigenvalue weighted by Gasteiger charge is -2.33. The van der Waals surface area contributed by atoms with Crippen molar-refractivity contribution in [3.8, 4) is 0 Å². The fourth-order valence-electron chi connectivity index (χ4n) is 3.22. The van der Waals surface area contributed by atoms with Gasteiger partial charge in [-0.15, -0.1) is 0 Å². The van der Waals surface area contributed by atoms with Crippen LogP contribution in [0, 0.1) is 5.92 Å². The molecule has 0 spiro atoms. The minimum Gasteiger partial charge on any atom is -0.381 e. The van der Waals surface area contributed by atoms with Crippen LogP contribution in [-0.4, -0.2) is 6.04 Å². The third kappa shape index (κ3) is 3.12. The molecule has 0 aromatic heterocycles. The van der Waals surface area contributed by atoms with Gasteiger partial charge >= 0.3 is 0 Å². The van der Waals surface area contributed by atoms with E-state index in [0.29, 0.717) is 17.9 Å². The summed E-state index contributed by atoms with van der Waals surface area (Å²) in [6.45, 7) is 6.85. The van der Waals surface area contributed by atoms with Crippen LogP contribution in [0.3, 0.4) is 0 Å². The lowest BCUT2D eigenvalue weighted by molar-refractivity contribution is 0.462. The molecule has 2 atom stereocenters. The summed E-state index contributed by atoms with van der Waals surface area (Å²) in [4.78, 5) is 0. The summed E-state index contributed by atoms with van der Waals surface area (Å²) >= 11 is 0. The maximum absolute atomic E-state index is 3.73. The highest BCUT2D eigenvalue weighted by Gasteiger charge is 2.24. The van der Waals surface area contributed by atoms with E-state index in [9.17, 15) is 0 Å². The average Bonchev–Trinajstić information content (AvgIpc) is 2.48. The molecule has 0 amide bonds. The molecule has 110 valence electrons. The van der Waals surface area contributed by atoms with E-state index in [2.05, 4.69) is 74.6 Å². The van der Waals surface area contributed by atoms with Crippen LogP contribution < -0.4 is 5.32 Å². The Labute approximate surface area is 128 Å². The second-order valence-corrected chi connectivity index (χ2v) is 6.69. The normalized spacial score (nSPS) is 21.0. The molecule has 3 rings (SSSR count). The minimum absolute atomic E-state index is 0.532. The second kappa shape index (κ2) is 5.93. The van der Waals surface area contributed by atoms with Crippen molar-refractivity contribution in [2.45, 2.75) is 45.6 Å². The van der Waals surface area contributed by atoms with Crippen molar-refractivity contribution in [3.05, 3.63) is 65.2 Å². The van der Waals surface area contributed by atoms with E-state index in [1.54, 1.807) is 0 Å². The Balaban J connectivity index is 1.73. The molecule has 1 aliphatic rings. The van der Waals surface area contributed by atoms with E-state index < -0.39 is 0 Å². The van der Waals surface area contributed by atoms with E-state index >= 15 is 0 Å². The lowest BCUT2D eigenvalue weighted by atomic mass is 9.85. The highest BCUT2D eigenvalue weighted by molar-refractivity contribution is 5.54. The Morgan fingerprint density at radius 2 is 1.76 bits per heavy atom. The Morgan fingerprint density at radius 3 is 2.48 bits per heavy atom. The highest BCUT2D eigenvalue weighted by atomic mass is 14.9. The van der Waals surface area contributed by atoms with E-state index in [4.69, 9.17) is 0 Å². The van der Waals surface area contributed by atoms with Crippen molar-refractivity contribution in [1.29, 1.82) is 0 Å². The van der Waals surface area contributed by atoms with Crippen LogP contribution in [0.1, 0.15) is 43.4 Å². The van der Waals surface area contributed by atoms with Crippen LogP contribution in [0.2, 0.25) is 0 Å². The van der Waals surface area contributed by atoms with Crippen LogP contribution >= 0.6 is 0 Å². The summed E-state index contributed by atoms with van der Waals surface area (Å²) in [7, 11) is 0. The van der Waals surface area contributed by atoms with Gasteiger partial charge in [0.1, 0.15) is 0 Å². The summed E-state index contributed by atoms with van der Waals surface area (Å²) in [5.41, 5.74) is 5.63. The zero-order chi connectivity index (χ0) is 14.8. The number of nitrogens with one attached hydrogen (secondary N) is 1. The molecule has 0 radical (unpaired) electrons. The Kier molecular flexibility index (Phi) is 4.01. The fourth-order valence-corrected chi connectivity index (χ4v) is 3.22. The maximum Gasteiger partial charge on any atom is 0.0375 e. The number of para-hydroxylation sites is 1. The van der Waals surface area contributed by atoms with Gasteiger partial charge in [0, 0.05) is 11.7 Å². The smallest absolute Gasteiger partial charge is 0.0375 e. The number of rotatable bonds is 3. The summed E-state index contributed by atoms with van der Waals surface area (Å²) in [5.74, 6) is 1.28. The van der Waals surface area contributed by atoms with Gasteiger partial charge < -0.3 is 5.32 Å². The first-order valence-corrected chi connectivity index (χ1v) is 8.07. The Hall–Kier alpha value is -1.76. The van der Waals surface area contributed by atoms with Gasteiger partial charge in [-0.3, -0.25) is 0 Å². The standard InChI is InChI=1S/C20H25N/c1-14(2)17-10-8-16(9-11-17)13-20-15(3)12-18-6-4-5-7-19(18)21-20/h4-11,14-15,20-21H,12-13H2,1-3H3. The predicted octanol–water partition coefficient (Wildman–Crippen LogP) is 5.03. The molecule has 1 nitrogen and oxygen atoms in total. The van der Waals surface area contributed by atoms with Crippen LogP contribution in [0.4, 0.5) is 5.69 Å². The zero-order valence-electron chi connectivity index (χ0n) is 13.3. The molecule has 1 heterocycles. The van der Waals surface area contributed by atoms with E-state index in [0.717, 1.165) is 6.42 Å². The molecule has 0 aliphatic carbocycles. The number of hydrogen-bond acceptors (Lipinski definition) is 1. The lowest BCUT2D eigenvalue weighted by Crippen LogP contribution is -2.35. The number of benzene rings is 2. The van der Waals surface area contributed by atoms with Gasteiger partial charge in [0.25, 0.3) is 0 Å². The molecule has 21 heavy (non-hydrogen) atoms. The predicted molar refractivity (Wildman–Crippen MR) is 91.0 cm³/mol. The molecule has 0 saturated carbocycles. The summed E-state index contributed by atoms with van der Waals surface area (Å²) in [6.07, 6.45) is 2.28. The Morgan fingerprint density at radius 1 is 1.05 bits per heavy atom. The fraction of sp³-hybridized carbons (Fsp3) is 0.400. The molecule has 0 fully saturated rings. The molecule has 0 saturated heterocycles. The molecule has 2 aromatic carbocycles. The molecule has 2 aromatic rings. The quantitative estimate of drug-likeness (QED) is 0.831. The van der Waals surface area contributed by atoms with Gasteiger partial charge in [0.2, 0.25) is 0 Å². The molecular formula is C20H25N. The van der Waals surface area contributed by atoms with E-state index in [1.165, 1.54) is 28.8 Å². The molecule has 0 bridgehead atoms. The number of anilines is 1. The van der Waals surface area contributed by atoms with Gasteiger partial charge in [0.05, 0.1) is 0 Å². The number of fused-ring (bicyclic) bond motifs is 1. The summed E-state index contributed by atoms with van der Waals surface area (Å²) in [6, 6.07) is 18.4. The van der Waals surface area contributed by atoms with Crippen LogP contribution in [-0.2, 0) is 12.8 Å². The SMILES string of the molecule is CC(C)c1ccc(CC2Nc3ccccc3CC2C)cc1. The van der Waals surface area contributed by atoms with Crippen LogP contribution in [0.5, 0.6) is 0 Å². The first-order valence-electron chi connectivity index (χ1n) is 8.07. The first-order chi connectivity index (χ1) is 10.1. The maximum atomic E-state index is 3.73. The summed E-state index contributed by atoms with van der Waals surface area (Å²) in [5, 5.41) is 3.73. The van der Waals surface area contributed by atoms with E-state index in [1.807, 2.05) is 0 Å². The molecule has 1 N–H and O–H groups in total. The first kappa shape index (κ1) is 14.2.